The van der Waals surface area contributed by atoms with Gasteiger partial charge in [0.2, 0.25) is 0 Å². The van der Waals surface area contributed by atoms with E-state index in [1.54, 1.807) is 24.3 Å². The fourth-order valence-electron chi connectivity index (χ4n) is 4.96. The summed E-state index contributed by atoms with van der Waals surface area (Å²) in [4.78, 5) is 28.4. The summed E-state index contributed by atoms with van der Waals surface area (Å²) in [6.45, 7) is 6.56. The number of aromatic hydroxyl groups is 1. The maximum atomic E-state index is 13.5. The predicted octanol–water partition coefficient (Wildman–Crippen LogP) is 5.52. The highest BCUT2D eigenvalue weighted by atomic mass is 16.5. The van der Waals surface area contributed by atoms with Gasteiger partial charge in [0.1, 0.15) is 28.6 Å². The van der Waals surface area contributed by atoms with Crippen LogP contribution in [0.15, 0.2) is 72.3 Å². The summed E-state index contributed by atoms with van der Waals surface area (Å²) >= 11 is 0. The third kappa shape index (κ3) is 4.96. The number of hydrogen-bond acceptors (Lipinski definition) is 6. The number of phenols is 1. The maximum Gasteiger partial charge on any atom is 0.295 e. The van der Waals surface area contributed by atoms with Crippen LogP contribution in [-0.2, 0) is 22.6 Å². The number of para-hydroxylation sites is 1. The highest BCUT2D eigenvalue weighted by Gasteiger charge is 2.46. The smallest absolute Gasteiger partial charge is 0.295 e. The van der Waals surface area contributed by atoms with Crippen LogP contribution in [0.25, 0.3) is 5.76 Å². The summed E-state index contributed by atoms with van der Waals surface area (Å²) < 4.78 is 11.8. The third-order valence-electron chi connectivity index (χ3n) is 6.66. The van der Waals surface area contributed by atoms with Crippen molar-refractivity contribution in [1.82, 2.24) is 4.90 Å². The van der Waals surface area contributed by atoms with Gasteiger partial charge >= 0.3 is 0 Å². The molecule has 0 aromatic heterocycles. The normalized spacial score (nSPS) is 18.7. The number of ether oxygens (including phenoxy) is 2. The molecule has 2 aliphatic rings. The minimum Gasteiger partial charge on any atom is -0.508 e. The van der Waals surface area contributed by atoms with Crippen LogP contribution in [0.1, 0.15) is 55.5 Å². The molecule has 0 spiro atoms. The highest BCUT2D eigenvalue weighted by Crippen LogP contribution is 2.42. The number of nitrogens with zero attached hydrogens (tertiary/aromatic N) is 1. The number of amides is 1. The summed E-state index contributed by atoms with van der Waals surface area (Å²) in [5.74, 6) is -0.277. The van der Waals surface area contributed by atoms with Crippen LogP contribution >= 0.6 is 0 Å². The van der Waals surface area contributed by atoms with E-state index in [2.05, 4.69) is 0 Å². The van der Waals surface area contributed by atoms with Gasteiger partial charge in [-0.05, 0) is 81.1 Å². The molecule has 3 aromatic carbocycles. The van der Waals surface area contributed by atoms with Gasteiger partial charge in [0.15, 0.2) is 0 Å². The average molecular weight is 514 g/mol. The number of hydrogen-bond donors (Lipinski definition) is 2. The number of aliphatic hydroxyl groups is 1. The monoisotopic (exact) mass is 513 g/mol. The van der Waals surface area contributed by atoms with Crippen molar-refractivity contribution in [1.29, 1.82) is 0 Å². The number of aliphatic hydroxyl groups excluding tert-OH is 1. The van der Waals surface area contributed by atoms with Gasteiger partial charge in [0.25, 0.3) is 11.7 Å². The summed E-state index contributed by atoms with van der Waals surface area (Å²) in [6, 6.07) is 18.2. The van der Waals surface area contributed by atoms with Gasteiger partial charge in [0.05, 0.1) is 24.8 Å². The topological polar surface area (TPSA) is 96.3 Å². The number of likely N-dealkylation sites (tertiary alicyclic amines) is 1. The lowest BCUT2D eigenvalue weighted by Gasteiger charge is -2.28. The summed E-state index contributed by atoms with van der Waals surface area (Å²) in [7, 11) is 0. The number of carbonyl (C=O) groups is 2. The second-order valence-electron chi connectivity index (χ2n) is 10.6. The summed E-state index contributed by atoms with van der Waals surface area (Å²) in [6.07, 6.45) is 1.67. The average Bonchev–Trinajstić information content (AvgIpc) is 3.13. The fourth-order valence-corrected chi connectivity index (χ4v) is 4.96. The van der Waals surface area contributed by atoms with Crippen LogP contribution in [0.2, 0.25) is 0 Å². The molecule has 1 amide bonds. The van der Waals surface area contributed by atoms with Crippen LogP contribution in [0.5, 0.6) is 17.2 Å². The third-order valence-corrected chi connectivity index (χ3v) is 6.66. The minimum absolute atomic E-state index is 0.00610. The van der Waals surface area contributed by atoms with Crippen molar-refractivity contribution in [2.24, 2.45) is 0 Å². The molecule has 0 radical (unpaired) electrons. The number of aryl methyl sites for hydroxylation is 1. The fraction of sp³-hybridized carbons (Fsp3) is 0.290. The molecular weight excluding hydrogens is 482 g/mol. The van der Waals surface area contributed by atoms with Crippen molar-refractivity contribution in [3.8, 4) is 17.2 Å². The van der Waals surface area contributed by atoms with E-state index in [0.29, 0.717) is 23.5 Å². The van der Waals surface area contributed by atoms with Crippen molar-refractivity contribution in [3.05, 3.63) is 94.6 Å². The van der Waals surface area contributed by atoms with E-state index < -0.39 is 23.3 Å². The van der Waals surface area contributed by atoms with Gasteiger partial charge in [-0.2, -0.15) is 0 Å². The van der Waals surface area contributed by atoms with Crippen molar-refractivity contribution < 1.29 is 29.3 Å². The Bertz CT molecular complexity index is 1420. The number of carbonyl (C=O) groups excluding carboxylic acids is 2. The van der Waals surface area contributed by atoms with Crippen molar-refractivity contribution >= 4 is 17.4 Å². The molecule has 0 bridgehead atoms. The molecule has 2 N–H and O–H groups in total. The molecule has 5 rings (SSSR count). The summed E-state index contributed by atoms with van der Waals surface area (Å²) in [5.41, 5.74) is 2.28. The van der Waals surface area contributed by atoms with E-state index in [1.165, 1.54) is 17.0 Å². The lowest BCUT2D eigenvalue weighted by atomic mass is 9.94. The van der Waals surface area contributed by atoms with Gasteiger partial charge in [0, 0.05) is 11.1 Å². The Labute approximate surface area is 221 Å². The Balaban J connectivity index is 1.61. The van der Waals surface area contributed by atoms with Gasteiger partial charge in [-0.3, -0.25) is 9.59 Å². The first-order valence-corrected chi connectivity index (χ1v) is 12.7. The number of fused-ring (bicyclic) bond motifs is 1. The maximum absolute atomic E-state index is 13.5. The first kappa shape index (κ1) is 25.4. The molecule has 196 valence electrons. The van der Waals surface area contributed by atoms with Crippen LogP contribution in [0.4, 0.5) is 0 Å². The first-order valence-electron chi connectivity index (χ1n) is 12.7. The molecule has 7 nitrogen and oxygen atoms in total. The van der Waals surface area contributed by atoms with Gasteiger partial charge in [-0.15, -0.1) is 0 Å². The van der Waals surface area contributed by atoms with Gasteiger partial charge < -0.3 is 24.6 Å². The van der Waals surface area contributed by atoms with E-state index in [9.17, 15) is 19.8 Å². The Morgan fingerprint density at radius 2 is 1.79 bits per heavy atom. The van der Waals surface area contributed by atoms with E-state index >= 15 is 0 Å². The Hall–Kier alpha value is -4.26. The molecule has 1 saturated heterocycles. The number of rotatable bonds is 5. The molecule has 2 heterocycles. The second kappa shape index (κ2) is 9.89. The quantitative estimate of drug-likeness (QED) is 0.265. The molecule has 0 saturated carbocycles. The zero-order valence-corrected chi connectivity index (χ0v) is 21.7. The van der Waals surface area contributed by atoms with Crippen molar-refractivity contribution in [3.63, 3.8) is 0 Å². The van der Waals surface area contributed by atoms with Crippen LogP contribution in [0, 0.1) is 0 Å². The highest BCUT2D eigenvalue weighted by molar-refractivity contribution is 6.46. The zero-order valence-electron chi connectivity index (χ0n) is 21.7. The number of Topliss-reactive ketones (excluding diaryl/α,β-unsaturated/α-hetero) is 1. The van der Waals surface area contributed by atoms with Crippen LogP contribution in [-0.4, -0.2) is 39.0 Å². The van der Waals surface area contributed by atoms with Crippen molar-refractivity contribution in [2.75, 3.05) is 6.61 Å². The van der Waals surface area contributed by atoms with E-state index in [-0.39, 0.29) is 23.6 Å². The lowest BCUT2D eigenvalue weighted by molar-refractivity contribution is -0.140. The van der Waals surface area contributed by atoms with Crippen molar-refractivity contribution in [2.45, 2.75) is 51.8 Å². The van der Waals surface area contributed by atoms with E-state index in [4.69, 9.17) is 9.47 Å². The number of ketones is 1. The molecule has 7 heteroatoms. The minimum atomic E-state index is -0.856. The van der Waals surface area contributed by atoms with E-state index in [1.807, 2.05) is 51.1 Å². The molecule has 1 fully saturated rings. The van der Waals surface area contributed by atoms with Gasteiger partial charge in [-0.25, -0.2) is 0 Å². The SMILES string of the molecule is CC(C)(C)Oc1ccccc1CN1C(=O)C(=O)/C(=C(\O)c2ccc3c(c2)CCCO3)C1c1ccc(O)cc1. The molecule has 2 aliphatic heterocycles. The van der Waals surface area contributed by atoms with Gasteiger partial charge in [-0.1, -0.05) is 30.3 Å². The largest absolute Gasteiger partial charge is 0.508 e. The molecule has 1 atom stereocenters. The Kier molecular flexibility index (Phi) is 6.61. The molecule has 3 aromatic rings. The van der Waals surface area contributed by atoms with Crippen LogP contribution in [0.3, 0.4) is 0 Å². The predicted molar refractivity (Wildman–Crippen MR) is 143 cm³/mol. The first-order chi connectivity index (χ1) is 18.1. The lowest BCUT2D eigenvalue weighted by Crippen LogP contribution is -2.30. The number of phenolic OH excluding ortho intramolecular Hbond substituents is 1. The second-order valence-corrected chi connectivity index (χ2v) is 10.6. The van der Waals surface area contributed by atoms with E-state index in [0.717, 1.165) is 29.7 Å². The molecule has 38 heavy (non-hydrogen) atoms. The molecule has 1 unspecified atom stereocenters. The number of benzene rings is 3. The Morgan fingerprint density at radius 3 is 2.53 bits per heavy atom. The molecule has 0 aliphatic carbocycles. The summed E-state index contributed by atoms with van der Waals surface area (Å²) in [5, 5.41) is 21.3. The molecular formula is C31H31NO6. The zero-order chi connectivity index (χ0) is 27.0. The standard InChI is InChI=1S/C31H31NO6/c1-31(2,3)38-25-9-5-4-7-22(25)18-32-27(19-10-13-23(33)14-11-19)26(29(35)30(32)36)28(34)21-12-15-24-20(17-21)8-6-16-37-24/h4-5,7,9-15,17,27,33-34H,6,8,16,18H2,1-3H3/b28-26-. The van der Waals surface area contributed by atoms with Crippen LogP contribution < -0.4 is 9.47 Å². The Morgan fingerprint density at radius 1 is 1.05 bits per heavy atom.